The van der Waals surface area contributed by atoms with Gasteiger partial charge in [-0.2, -0.15) is 5.10 Å². The molecule has 1 atom stereocenters. The topological polar surface area (TPSA) is 73.2 Å². The predicted octanol–water partition coefficient (Wildman–Crippen LogP) is 1.14. The second-order valence-corrected chi connectivity index (χ2v) is 6.80. The number of nitrogens with one attached hydrogen (secondary N) is 1. The van der Waals surface area contributed by atoms with Crippen LogP contribution >= 0.6 is 0 Å². The molecule has 2 rings (SSSR count). The standard InChI is InChI=1S/C14H19N3O3S/c1-15-13(14-12(20-3)9-16-17(14)2)10-5-7-11(8-6-10)21(4,18)19/h5-9,13,15H,1-4H3. The molecule has 0 aliphatic carbocycles. The van der Waals surface area contributed by atoms with Gasteiger partial charge in [0.05, 0.1) is 24.2 Å². The zero-order valence-corrected chi connectivity index (χ0v) is 13.3. The Morgan fingerprint density at radius 2 is 1.90 bits per heavy atom. The maximum atomic E-state index is 11.5. The summed E-state index contributed by atoms with van der Waals surface area (Å²) in [5, 5.41) is 7.40. The molecule has 0 fully saturated rings. The lowest BCUT2D eigenvalue weighted by Crippen LogP contribution is -2.21. The first-order valence-corrected chi connectivity index (χ1v) is 8.30. The number of ether oxygens (including phenoxy) is 1. The Morgan fingerprint density at radius 1 is 1.29 bits per heavy atom. The first-order chi connectivity index (χ1) is 9.88. The SMILES string of the molecule is CNC(c1ccc(S(C)(=O)=O)cc1)c1c(OC)cnn1C. The summed E-state index contributed by atoms with van der Waals surface area (Å²) in [4.78, 5) is 0.304. The van der Waals surface area contributed by atoms with Crippen LogP contribution in [0, 0.1) is 0 Å². The van der Waals surface area contributed by atoms with Gasteiger partial charge >= 0.3 is 0 Å². The second-order valence-electron chi connectivity index (χ2n) is 4.78. The van der Waals surface area contributed by atoms with E-state index in [0.717, 1.165) is 11.3 Å². The summed E-state index contributed by atoms with van der Waals surface area (Å²) in [7, 11) is 2.08. The number of benzene rings is 1. The molecule has 1 aromatic carbocycles. The molecule has 0 spiro atoms. The van der Waals surface area contributed by atoms with Crippen molar-refractivity contribution in [2.45, 2.75) is 10.9 Å². The number of sulfone groups is 1. The van der Waals surface area contributed by atoms with Crippen LogP contribution in [0.3, 0.4) is 0 Å². The van der Waals surface area contributed by atoms with Crippen LogP contribution in [0.25, 0.3) is 0 Å². The van der Waals surface area contributed by atoms with Crippen molar-refractivity contribution >= 4 is 9.84 Å². The monoisotopic (exact) mass is 309 g/mol. The molecule has 1 heterocycles. The lowest BCUT2D eigenvalue weighted by Gasteiger charge is -2.18. The van der Waals surface area contributed by atoms with Gasteiger partial charge in [0.15, 0.2) is 15.6 Å². The molecular weight excluding hydrogens is 290 g/mol. The number of hydrogen-bond acceptors (Lipinski definition) is 5. The van der Waals surface area contributed by atoms with Gasteiger partial charge in [0.2, 0.25) is 0 Å². The highest BCUT2D eigenvalue weighted by molar-refractivity contribution is 7.90. The van der Waals surface area contributed by atoms with Crippen LogP contribution in [-0.4, -0.2) is 38.6 Å². The number of aryl methyl sites for hydroxylation is 1. The van der Waals surface area contributed by atoms with Gasteiger partial charge in [-0.25, -0.2) is 8.42 Å². The summed E-state index contributed by atoms with van der Waals surface area (Å²) in [6.45, 7) is 0. The molecule has 0 radical (unpaired) electrons. The molecule has 0 saturated carbocycles. The molecule has 7 heteroatoms. The third-order valence-electron chi connectivity index (χ3n) is 3.37. The first-order valence-electron chi connectivity index (χ1n) is 6.41. The smallest absolute Gasteiger partial charge is 0.175 e. The Balaban J connectivity index is 2.45. The molecule has 114 valence electrons. The van der Waals surface area contributed by atoms with E-state index in [0.29, 0.717) is 10.6 Å². The summed E-state index contributed by atoms with van der Waals surface area (Å²) >= 11 is 0. The van der Waals surface area contributed by atoms with Gasteiger partial charge in [-0.05, 0) is 24.7 Å². The molecule has 1 N–H and O–H groups in total. The van der Waals surface area contributed by atoms with Crippen molar-refractivity contribution in [1.82, 2.24) is 15.1 Å². The fraction of sp³-hybridized carbons (Fsp3) is 0.357. The van der Waals surface area contributed by atoms with Gasteiger partial charge in [0, 0.05) is 13.3 Å². The molecule has 6 nitrogen and oxygen atoms in total. The summed E-state index contributed by atoms with van der Waals surface area (Å²) in [5.74, 6) is 0.684. The summed E-state index contributed by atoms with van der Waals surface area (Å²) in [5.41, 5.74) is 1.82. The lowest BCUT2D eigenvalue weighted by atomic mass is 10.0. The maximum absolute atomic E-state index is 11.5. The molecule has 0 amide bonds. The minimum Gasteiger partial charge on any atom is -0.493 e. The van der Waals surface area contributed by atoms with E-state index in [9.17, 15) is 8.42 Å². The Hall–Kier alpha value is -1.86. The van der Waals surface area contributed by atoms with E-state index in [1.165, 1.54) is 6.26 Å². The van der Waals surface area contributed by atoms with E-state index >= 15 is 0 Å². The largest absolute Gasteiger partial charge is 0.493 e. The molecule has 0 saturated heterocycles. The van der Waals surface area contributed by atoms with Gasteiger partial charge in [0.1, 0.15) is 5.69 Å². The fourth-order valence-electron chi connectivity index (χ4n) is 2.28. The van der Waals surface area contributed by atoms with Crippen molar-refractivity contribution in [3.8, 4) is 5.75 Å². The van der Waals surface area contributed by atoms with E-state index in [1.807, 2.05) is 14.1 Å². The average Bonchev–Trinajstić information content (AvgIpc) is 2.81. The third-order valence-corrected chi connectivity index (χ3v) is 4.50. The van der Waals surface area contributed by atoms with Gasteiger partial charge in [-0.1, -0.05) is 12.1 Å². The van der Waals surface area contributed by atoms with Crippen molar-refractivity contribution in [3.05, 3.63) is 41.7 Å². The zero-order chi connectivity index (χ0) is 15.6. The first kappa shape index (κ1) is 15.5. The highest BCUT2D eigenvalue weighted by Crippen LogP contribution is 2.29. The van der Waals surface area contributed by atoms with Crippen LogP contribution in [0.1, 0.15) is 17.3 Å². The van der Waals surface area contributed by atoms with Crippen LogP contribution in [0.4, 0.5) is 0 Å². The van der Waals surface area contributed by atoms with Gasteiger partial charge in [0.25, 0.3) is 0 Å². The van der Waals surface area contributed by atoms with Gasteiger partial charge in [-0.15, -0.1) is 0 Å². The van der Waals surface area contributed by atoms with Crippen LogP contribution in [-0.2, 0) is 16.9 Å². The Labute approximate surface area is 124 Å². The highest BCUT2D eigenvalue weighted by Gasteiger charge is 2.21. The molecule has 0 aliphatic rings. The van der Waals surface area contributed by atoms with E-state index < -0.39 is 9.84 Å². The van der Waals surface area contributed by atoms with Crippen molar-refractivity contribution in [2.75, 3.05) is 20.4 Å². The number of methoxy groups -OCH3 is 1. The third kappa shape index (κ3) is 3.08. The molecule has 0 aliphatic heterocycles. The molecule has 1 unspecified atom stereocenters. The molecule has 21 heavy (non-hydrogen) atoms. The number of hydrogen-bond donors (Lipinski definition) is 1. The summed E-state index contributed by atoms with van der Waals surface area (Å²) in [6, 6.07) is 6.67. The quantitative estimate of drug-likeness (QED) is 0.896. The lowest BCUT2D eigenvalue weighted by molar-refractivity contribution is 0.402. The average molecular weight is 309 g/mol. The van der Waals surface area contributed by atoms with Crippen LogP contribution < -0.4 is 10.1 Å². The Bertz CT molecular complexity index is 720. The van der Waals surface area contributed by atoms with E-state index in [-0.39, 0.29) is 6.04 Å². The van der Waals surface area contributed by atoms with Crippen molar-refractivity contribution in [3.63, 3.8) is 0 Å². The molecule has 2 aromatic rings. The summed E-state index contributed by atoms with van der Waals surface area (Å²) < 4.78 is 30.1. The zero-order valence-electron chi connectivity index (χ0n) is 12.5. The number of nitrogens with zero attached hydrogens (tertiary/aromatic N) is 2. The minimum atomic E-state index is -3.19. The maximum Gasteiger partial charge on any atom is 0.175 e. The van der Waals surface area contributed by atoms with Crippen molar-refractivity contribution in [2.24, 2.45) is 7.05 Å². The van der Waals surface area contributed by atoms with Gasteiger partial charge < -0.3 is 10.1 Å². The van der Waals surface area contributed by atoms with Crippen LogP contribution in [0.5, 0.6) is 5.75 Å². The minimum absolute atomic E-state index is 0.138. The van der Waals surface area contributed by atoms with Crippen molar-refractivity contribution in [1.29, 1.82) is 0 Å². The Morgan fingerprint density at radius 3 is 2.38 bits per heavy atom. The molecular formula is C14H19N3O3S. The number of rotatable bonds is 5. The number of aromatic nitrogens is 2. The van der Waals surface area contributed by atoms with Crippen molar-refractivity contribution < 1.29 is 13.2 Å². The van der Waals surface area contributed by atoms with E-state index in [2.05, 4.69) is 10.4 Å². The fourth-order valence-corrected chi connectivity index (χ4v) is 2.91. The van der Waals surface area contributed by atoms with Gasteiger partial charge in [-0.3, -0.25) is 4.68 Å². The molecule has 0 bridgehead atoms. The van der Waals surface area contributed by atoms with E-state index in [1.54, 1.807) is 42.3 Å². The normalized spacial score (nSPS) is 13.1. The second kappa shape index (κ2) is 5.87. The van der Waals surface area contributed by atoms with Crippen LogP contribution in [0.2, 0.25) is 0 Å². The van der Waals surface area contributed by atoms with Crippen LogP contribution in [0.15, 0.2) is 35.4 Å². The van der Waals surface area contributed by atoms with E-state index in [4.69, 9.17) is 4.74 Å². The Kier molecular flexibility index (Phi) is 4.34. The highest BCUT2D eigenvalue weighted by atomic mass is 32.2. The predicted molar refractivity (Wildman–Crippen MR) is 80.2 cm³/mol. The molecule has 1 aromatic heterocycles. The summed E-state index contributed by atoms with van der Waals surface area (Å²) in [6.07, 6.45) is 2.85.